The molecule has 0 aliphatic rings. The maximum Gasteiger partial charge on any atom is 0.127 e. The minimum absolute atomic E-state index is 0.0406. The Morgan fingerprint density at radius 1 is 1.21 bits per heavy atom. The Morgan fingerprint density at radius 2 is 1.71 bits per heavy atom. The van der Waals surface area contributed by atoms with Gasteiger partial charge in [-0.3, -0.25) is 0 Å². The highest BCUT2D eigenvalue weighted by Crippen LogP contribution is 2.33. The zero-order valence-electron chi connectivity index (χ0n) is 8.91. The third-order valence-electron chi connectivity index (χ3n) is 2.28. The highest BCUT2D eigenvalue weighted by molar-refractivity contribution is 5.46. The van der Waals surface area contributed by atoms with Crippen LogP contribution in [-0.2, 0) is 0 Å². The molecule has 0 bridgehead atoms. The first-order chi connectivity index (χ1) is 6.74. The molecule has 1 aromatic rings. The Morgan fingerprint density at radius 3 is 2.07 bits per heavy atom. The van der Waals surface area contributed by atoms with Crippen molar-refractivity contribution in [3.8, 4) is 11.5 Å². The van der Waals surface area contributed by atoms with Gasteiger partial charge in [0.25, 0.3) is 0 Å². The largest absolute Gasteiger partial charge is 0.496 e. The van der Waals surface area contributed by atoms with Gasteiger partial charge in [-0.2, -0.15) is 0 Å². The number of rotatable bonds is 4. The molecule has 14 heavy (non-hydrogen) atoms. The van der Waals surface area contributed by atoms with Crippen LogP contribution >= 0.6 is 0 Å². The van der Waals surface area contributed by atoms with Gasteiger partial charge in [-0.15, -0.1) is 0 Å². The van der Waals surface area contributed by atoms with Gasteiger partial charge in [0.1, 0.15) is 11.5 Å². The summed E-state index contributed by atoms with van der Waals surface area (Å²) in [6.45, 7) is 2.04. The summed E-state index contributed by atoms with van der Waals surface area (Å²) in [5, 5.41) is 0. The molecule has 1 atom stereocenters. The van der Waals surface area contributed by atoms with E-state index in [4.69, 9.17) is 15.2 Å². The number of ether oxygens (including phenoxy) is 2. The van der Waals surface area contributed by atoms with Crippen LogP contribution in [0.1, 0.15) is 24.9 Å². The number of hydrogen-bond donors (Lipinski definition) is 1. The summed E-state index contributed by atoms with van der Waals surface area (Å²) in [7, 11) is 3.28. The molecule has 78 valence electrons. The topological polar surface area (TPSA) is 44.5 Å². The van der Waals surface area contributed by atoms with Crippen LogP contribution in [0.15, 0.2) is 18.2 Å². The smallest absolute Gasteiger partial charge is 0.127 e. The molecule has 0 aliphatic heterocycles. The zero-order valence-corrected chi connectivity index (χ0v) is 8.91. The second-order valence-electron chi connectivity index (χ2n) is 3.09. The van der Waals surface area contributed by atoms with E-state index >= 15 is 0 Å². The van der Waals surface area contributed by atoms with Gasteiger partial charge in [-0.1, -0.05) is 13.0 Å². The van der Waals surface area contributed by atoms with Gasteiger partial charge >= 0.3 is 0 Å². The fourth-order valence-corrected chi connectivity index (χ4v) is 1.45. The quantitative estimate of drug-likeness (QED) is 0.800. The Hall–Kier alpha value is -1.22. The standard InChI is InChI=1S/C11H17NO2/c1-4-8(12)11-9(13-2)6-5-7-10(11)14-3/h5-8H,4,12H2,1-3H3/t8-/m1/s1. The predicted molar refractivity (Wildman–Crippen MR) is 56.8 cm³/mol. The molecular weight excluding hydrogens is 178 g/mol. The van der Waals surface area contributed by atoms with E-state index in [0.717, 1.165) is 23.5 Å². The number of methoxy groups -OCH3 is 2. The molecule has 0 unspecified atom stereocenters. The molecular formula is C11H17NO2. The first-order valence-corrected chi connectivity index (χ1v) is 4.71. The van der Waals surface area contributed by atoms with E-state index in [1.54, 1.807) is 14.2 Å². The van der Waals surface area contributed by atoms with Crippen molar-refractivity contribution in [2.45, 2.75) is 19.4 Å². The molecule has 1 aromatic carbocycles. The van der Waals surface area contributed by atoms with Crippen LogP contribution in [0.2, 0.25) is 0 Å². The summed E-state index contributed by atoms with van der Waals surface area (Å²) in [5.74, 6) is 1.58. The molecule has 0 amide bonds. The summed E-state index contributed by atoms with van der Waals surface area (Å²) in [6, 6.07) is 5.64. The number of hydrogen-bond acceptors (Lipinski definition) is 3. The summed E-state index contributed by atoms with van der Waals surface area (Å²) in [4.78, 5) is 0. The van der Waals surface area contributed by atoms with Crippen LogP contribution in [-0.4, -0.2) is 14.2 Å². The van der Waals surface area contributed by atoms with E-state index in [1.165, 1.54) is 0 Å². The Kier molecular flexibility index (Phi) is 3.77. The third kappa shape index (κ3) is 1.99. The van der Waals surface area contributed by atoms with Crippen LogP contribution in [0.3, 0.4) is 0 Å². The Bertz CT molecular complexity index is 277. The molecule has 0 fully saturated rings. The predicted octanol–water partition coefficient (Wildman–Crippen LogP) is 2.11. The van der Waals surface area contributed by atoms with Crippen LogP contribution in [0, 0.1) is 0 Å². The lowest BCUT2D eigenvalue weighted by Gasteiger charge is -2.17. The normalized spacial score (nSPS) is 12.3. The zero-order chi connectivity index (χ0) is 10.6. The van der Waals surface area contributed by atoms with E-state index in [2.05, 4.69) is 0 Å². The van der Waals surface area contributed by atoms with Crippen LogP contribution in [0.25, 0.3) is 0 Å². The average Bonchev–Trinajstić information content (AvgIpc) is 2.26. The van der Waals surface area contributed by atoms with Gasteiger partial charge in [-0.25, -0.2) is 0 Å². The SMILES string of the molecule is CC[C@@H](N)c1c(OC)cccc1OC. The van der Waals surface area contributed by atoms with E-state index in [9.17, 15) is 0 Å². The van der Waals surface area contributed by atoms with Gasteiger partial charge in [0.2, 0.25) is 0 Å². The average molecular weight is 195 g/mol. The van der Waals surface area contributed by atoms with Gasteiger partial charge in [0.15, 0.2) is 0 Å². The van der Waals surface area contributed by atoms with Crippen molar-refractivity contribution in [2.24, 2.45) is 5.73 Å². The van der Waals surface area contributed by atoms with Gasteiger partial charge in [-0.05, 0) is 18.6 Å². The second-order valence-corrected chi connectivity index (χ2v) is 3.09. The fourth-order valence-electron chi connectivity index (χ4n) is 1.45. The summed E-state index contributed by atoms with van der Waals surface area (Å²) >= 11 is 0. The molecule has 0 heterocycles. The summed E-state index contributed by atoms with van der Waals surface area (Å²) in [6.07, 6.45) is 0.858. The van der Waals surface area contributed by atoms with Crippen LogP contribution in [0.5, 0.6) is 11.5 Å². The fraction of sp³-hybridized carbons (Fsp3) is 0.455. The summed E-state index contributed by atoms with van der Waals surface area (Å²) < 4.78 is 10.5. The highest BCUT2D eigenvalue weighted by atomic mass is 16.5. The molecule has 0 radical (unpaired) electrons. The van der Waals surface area contributed by atoms with E-state index in [1.807, 2.05) is 25.1 Å². The molecule has 0 aliphatic carbocycles. The maximum absolute atomic E-state index is 5.99. The number of benzene rings is 1. The molecule has 3 heteroatoms. The van der Waals surface area contributed by atoms with Gasteiger partial charge in [0, 0.05) is 6.04 Å². The Balaban J connectivity index is 3.18. The number of nitrogens with two attached hydrogens (primary N) is 1. The van der Waals surface area contributed by atoms with Crippen molar-refractivity contribution in [2.75, 3.05) is 14.2 Å². The van der Waals surface area contributed by atoms with Gasteiger partial charge < -0.3 is 15.2 Å². The van der Waals surface area contributed by atoms with E-state index < -0.39 is 0 Å². The highest BCUT2D eigenvalue weighted by Gasteiger charge is 2.15. The molecule has 0 saturated heterocycles. The molecule has 3 nitrogen and oxygen atoms in total. The van der Waals surface area contributed by atoms with E-state index in [0.29, 0.717) is 0 Å². The Labute approximate surface area is 84.8 Å². The molecule has 2 N–H and O–H groups in total. The van der Waals surface area contributed by atoms with Crippen LogP contribution < -0.4 is 15.2 Å². The lowest BCUT2D eigenvalue weighted by molar-refractivity contribution is 0.378. The van der Waals surface area contributed by atoms with Crippen molar-refractivity contribution >= 4 is 0 Å². The van der Waals surface area contributed by atoms with Crippen molar-refractivity contribution in [3.63, 3.8) is 0 Å². The maximum atomic E-state index is 5.99. The summed E-state index contributed by atoms with van der Waals surface area (Å²) in [5.41, 5.74) is 6.93. The van der Waals surface area contributed by atoms with E-state index in [-0.39, 0.29) is 6.04 Å². The van der Waals surface area contributed by atoms with Crippen LogP contribution in [0.4, 0.5) is 0 Å². The minimum Gasteiger partial charge on any atom is -0.496 e. The monoisotopic (exact) mass is 195 g/mol. The molecule has 0 spiro atoms. The van der Waals surface area contributed by atoms with Crippen molar-refractivity contribution in [1.82, 2.24) is 0 Å². The van der Waals surface area contributed by atoms with Gasteiger partial charge in [0.05, 0.1) is 19.8 Å². The van der Waals surface area contributed by atoms with Crippen molar-refractivity contribution < 1.29 is 9.47 Å². The first kappa shape index (κ1) is 10.9. The molecule has 0 saturated carbocycles. The first-order valence-electron chi connectivity index (χ1n) is 4.71. The third-order valence-corrected chi connectivity index (χ3v) is 2.28. The molecule has 0 aromatic heterocycles. The molecule has 1 rings (SSSR count). The lowest BCUT2D eigenvalue weighted by atomic mass is 10.0. The van der Waals surface area contributed by atoms with Crippen molar-refractivity contribution in [3.05, 3.63) is 23.8 Å². The minimum atomic E-state index is -0.0406. The second kappa shape index (κ2) is 4.86. The lowest BCUT2D eigenvalue weighted by Crippen LogP contribution is -2.11. The van der Waals surface area contributed by atoms with Crippen molar-refractivity contribution in [1.29, 1.82) is 0 Å².